The van der Waals surface area contributed by atoms with Crippen molar-refractivity contribution in [1.82, 2.24) is 10.2 Å². The third-order valence-electron chi connectivity index (χ3n) is 1.40. The summed E-state index contributed by atoms with van der Waals surface area (Å²) < 4.78 is 18.5. The van der Waals surface area contributed by atoms with Gasteiger partial charge >= 0.3 is 0 Å². The standard InChI is InChI=1S/C8H4BrFN2OS/c9-7-11-12-8(14-7)13-6-3-1-5(10)2-4-6/h1-4H. The van der Waals surface area contributed by atoms with Crippen LogP contribution >= 0.6 is 27.3 Å². The van der Waals surface area contributed by atoms with Gasteiger partial charge in [0.2, 0.25) is 0 Å². The summed E-state index contributed by atoms with van der Waals surface area (Å²) in [5, 5.41) is 7.88. The van der Waals surface area contributed by atoms with Crippen molar-refractivity contribution in [3.8, 4) is 10.9 Å². The fourth-order valence-electron chi connectivity index (χ4n) is 0.838. The monoisotopic (exact) mass is 274 g/mol. The first-order chi connectivity index (χ1) is 6.74. The Labute approximate surface area is 91.7 Å². The molecule has 72 valence electrons. The van der Waals surface area contributed by atoms with E-state index in [1.54, 1.807) is 0 Å². The Morgan fingerprint density at radius 2 is 1.93 bits per heavy atom. The van der Waals surface area contributed by atoms with Crippen LogP contribution in [0.5, 0.6) is 10.9 Å². The molecule has 0 radical (unpaired) electrons. The van der Waals surface area contributed by atoms with Gasteiger partial charge < -0.3 is 4.74 Å². The average molecular weight is 275 g/mol. The van der Waals surface area contributed by atoms with Gasteiger partial charge in [0.25, 0.3) is 5.19 Å². The molecule has 2 rings (SSSR count). The van der Waals surface area contributed by atoms with Gasteiger partial charge in [-0.3, -0.25) is 0 Å². The van der Waals surface area contributed by atoms with Crippen LogP contribution in [0, 0.1) is 5.82 Å². The smallest absolute Gasteiger partial charge is 0.300 e. The first-order valence-electron chi connectivity index (χ1n) is 3.66. The highest BCUT2D eigenvalue weighted by atomic mass is 79.9. The van der Waals surface area contributed by atoms with Crippen molar-refractivity contribution in [3.05, 3.63) is 34.0 Å². The molecule has 1 heterocycles. The second-order valence-electron chi connectivity index (χ2n) is 2.38. The molecule has 0 aliphatic rings. The molecular weight excluding hydrogens is 271 g/mol. The summed E-state index contributed by atoms with van der Waals surface area (Å²) in [7, 11) is 0. The fraction of sp³-hybridized carbons (Fsp3) is 0. The van der Waals surface area contributed by atoms with E-state index >= 15 is 0 Å². The summed E-state index contributed by atoms with van der Waals surface area (Å²) >= 11 is 4.43. The molecule has 0 fully saturated rings. The predicted molar refractivity (Wildman–Crippen MR) is 54.1 cm³/mol. The summed E-state index contributed by atoms with van der Waals surface area (Å²) in [4.78, 5) is 0. The SMILES string of the molecule is Fc1ccc(Oc2nnc(Br)s2)cc1. The zero-order chi connectivity index (χ0) is 9.97. The lowest BCUT2D eigenvalue weighted by atomic mass is 10.3. The van der Waals surface area contributed by atoms with Crippen LogP contribution in [-0.4, -0.2) is 10.2 Å². The lowest BCUT2D eigenvalue weighted by Crippen LogP contribution is -1.83. The van der Waals surface area contributed by atoms with Crippen LogP contribution in [-0.2, 0) is 0 Å². The average Bonchev–Trinajstić information content (AvgIpc) is 2.56. The van der Waals surface area contributed by atoms with E-state index in [4.69, 9.17) is 4.74 Å². The Morgan fingerprint density at radius 1 is 1.21 bits per heavy atom. The number of hydrogen-bond donors (Lipinski definition) is 0. The molecule has 0 bridgehead atoms. The quantitative estimate of drug-likeness (QED) is 0.844. The van der Waals surface area contributed by atoms with Gasteiger partial charge in [-0.1, -0.05) is 5.10 Å². The van der Waals surface area contributed by atoms with Crippen molar-refractivity contribution in [3.63, 3.8) is 0 Å². The lowest BCUT2D eigenvalue weighted by molar-refractivity contribution is 0.471. The maximum atomic E-state index is 12.5. The minimum atomic E-state index is -0.296. The van der Waals surface area contributed by atoms with Crippen molar-refractivity contribution in [2.45, 2.75) is 0 Å². The highest BCUT2D eigenvalue weighted by Gasteiger charge is 2.03. The molecular formula is C8H4BrFN2OS. The van der Waals surface area contributed by atoms with Gasteiger partial charge in [-0.2, -0.15) is 0 Å². The molecule has 0 saturated heterocycles. The van der Waals surface area contributed by atoms with E-state index in [0.717, 1.165) is 0 Å². The van der Waals surface area contributed by atoms with Crippen molar-refractivity contribution >= 4 is 27.3 Å². The van der Waals surface area contributed by atoms with E-state index in [1.807, 2.05) is 0 Å². The second-order valence-corrected chi connectivity index (χ2v) is 4.59. The first kappa shape index (κ1) is 9.54. The van der Waals surface area contributed by atoms with E-state index in [0.29, 0.717) is 14.9 Å². The summed E-state index contributed by atoms with van der Waals surface area (Å²) in [5.74, 6) is 0.242. The van der Waals surface area contributed by atoms with Crippen molar-refractivity contribution in [1.29, 1.82) is 0 Å². The maximum absolute atomic E-state index is 12.5. The molecule has 14 heavy (non-hydrogen) atoms. The van der Waals surface area contributed by atoms with E-state index < -0.39 is 0 Å². The molecule has 0 unspecified atom stereocenters. The zero-order valence-electron chi connectivity index (χ0n) is 6.78. The molecule has 1 aromatic carbocycles. The van der Waals surface area contributed by atoms with E-state index in [2.05, 4.69) is 26.1 Å². The molecule has 0 spiro atoms. The van der Waals surface area contributed by atoms with Gasteiger partial charge in [-0.05, 0) is 51.5 Å². The molecule has 0 aliphatic carbocycles. The molecule has 1 aromatic heterocycles. The van der Waals surface area contributed by atoms with Gasteiger partial charge in [-0.25, -0.2) is 4.39 Å². The number of hydrogen-bond acceptors (Lipinski definition) is 4. The molecule has 6 heteroatoms. The molecule has 0 aliphatic heterocycles. The topological polar surface area (TPSA) is 35.0 Å². The van der Waals surface area contributed by atoms with Crippen molar-refractivity contribution in [2.24, 2.45) is 0 Å². The second kappa shape index (κ2) is 4.02. The van der Waals surface area contributed by atoms with E-state index in [1.165, 1.54) is 35.6 Å². The van der Waals surface area contributed by atoms with Gasteiger partial charge in [-0.15, -0.1) is 5.10 Å². The van der Waals surface area contributed by atoms with Gasteiger partial charge in [0, 0.05) is 0 Å². The summed E-state index contributed by atoms with van der Waals surface area (Å²) in [6.45, 7) is 0. The van der Waals surface area contributed by atoms with E-state index in [-0.39, 0.29) is 5.82 Å². The van der Waals surface area contributed by atoms with Crippen LogP contribution in [0.25, 0.3) is 0 Å². The number of aromatic nitrogens is 2. The van der Waals surface area contributed by atoms with Crippen LogP contribution in [0.2, 0.25) is 0 Å². The molecule has 0 saturated carbocycles. The van der Waals surface area contributed by atoms with Crippen LogP contribution in [0.4, 0.5) is 4.39 Å². The minimum Gasteiger partial charge on any atom is -0.430 e. The number of benzene rings is 1. The van der Waals surface area contributed by atoms with Gasteiger partial charge in [0.1, 0.15) is 11.6 Å². The summed E-state index contributed by atoms with van der Waals surface area (Å²) in [6.07, 6.45) is 0. The van der Waals surface area contributed by atoms with Gasteiger partial charge in [0.15, 0.2) is 3.92 Å². The Kier molecular flexibility index (Phi) is 2.74. The molecule has 2 aromatic rings. The number of nitrogens with zero attached hydrogens (tertiary/aromatic N) is 2. The lowest BCUT2D eigenvalue weighted by Gasteiger charge is -1.98. The van der Waals surface area contributed by atoms with Crippen LogP contribution in [0.3, 0.4) is 0 Å². The van der Waals surface area contributed by atoms with Gasteiger partial charge in [0.05, 0.1) is 0 Å². The Balaban J connectivity index is 2.15. The number of rotatable bonds is 2. The maximum Gasteiger partial charge on any atom is 0.300 e. The predicted octanol–water partition coefficient (Wildman–Crippen LogP) is 3.23. The Morgan fingerprint density at radius 3 is 2.50 bits per heavy atom. The van der Waals surface area contributed by atoms with Crippen molar-refractivity contribution in [2.75, 3.05) is 0 Å². The Hall–Kier alpha value is -1.01. The molecule has 0 amide bonds. The Bertz CT molecular complexity index is 431. The number of ether oxygens (including phenoxy) is 1. The molecule has 3 nitrogen and oxygen atoms in total. The van der Waals surface area contributed by atoms with Crippen LogP contribution in [0.1, 0.15) is 0 Å². The highest BCUT2D eigenvalue weighted by Crippen LogP contribution is 2.27. The van der Waals surface area contributed by atoms with E-state index in [9.17, 15) is 4.39 Å². The fourth-order valence-corrected chi connectivity index (χ4v) is 1.78. The largest absolute Gasteiger partial charge is 0.430 e. The third-order valence-corrected chi connectivity index (χ3v) is 2.63. The van der Waals surface area contributed by atoms with Crippen LogP contribution in [0.15, 0.2) is 28.2 Å². The number of halogens is 2. The highest BCUT2D eigenvalue weighted by molar-refractivity contribution is 9.11. The summed E-state index contributed by atoms with van der Waals surface area (Å²) in [5.41, 5.74) is 0. The minimum absolute atomic E-state index is 0.296. The molecule has 0 N–H and O–H groups in total. The van der Waals surface area contributed by atoms with Crippen LogP contribution < -0.4 is 4.74 Å². The normalized spacial score (nSPS) is 10.1. The zero-order valence-corrected chi connectivity index (χ0v) is 9.18. The summed E-state index contributed by atoms with van der Waals surface area (Å²) in [6, 6.07) is 5.71. The molecule has 0 atom stereocenters. The van der Waals surface area contributed by atoms with Crippen molar-refractivity contribution < 1.29 is 9.13 Å². The first-order valence-corrected chi connectivity index (χ1v) is 5.27. The third kappa shape index (κ3) is 2.27.